The van der Waals surface area contributed by atoms with Gasteiger partial charge in [-0.2, -0.15) is 0 Å². The lowest BCUT2D eigenvalue weighted by molar-refractivity contribution is 1.07. The Morgan fingerprint density at radius 3 is 1.01 bits per heavy atom. The quantitative estimate of drug-likeness (QED) is 0.150. The van der Waals surface area contributed by atoms with E-state index in [2.05, 4.69) is 228 Å². The molecule has 0 spiro atoms. The summed E-state index contributed by atoms with van der Waals surface area (Å²) in [6.45, 7) is -0.0994. The maximum atomic E-state index is 5.40. The van der Waals surface area contributed by atoms with Crippen molar-refractivity contribution >= 4 is 66.7 Å². The van der Waals surface area contributed by atoms with Crippen LogP contribution in [0.25, 0.3) is 134 Å². The van der Waals surface area contributed by atoms with E-state index in [1.165, 1.54) is 93.5 Å². The van der Waals surface area contributed by atoms with Gasteiger partial charge in [-0.1, -0.05) is 218 Å². The van der Waals surface area contributed by atoms with Crippen molar-refractivity contribution in [2.24, 2.45) is 0 Å². The van der Waals surface area contributed by atoms with Gasteiger partial charge in [0, 0.05) is 60.6 Å². The topological polar surface area (TPSA) is 48.5 Å². The lowest BCUT2D eigenvalue weighted by Crippen LogP contribution is -2.59. The fourth-order valence-electron chi connectivity index (χ4n) is 12.5. The molecule has 0 unspecified atom stereocenters. The van der Waals surface area contributed by atoms with Crippen LogP contribution in [-0.2, 0) is 0 Å². The SMILES string of the molecule is c1ccc(-c2ccc3c(c2)c2c(-c4ccccc4)ccc4c2n3-c2cc(-c3nc(-c5ccccc5)nc(-c5ccccc5)n3)cc3c2B4c2ccc(-c4ccccc4)c4c5cc(-c6ccccc6)ccc5n-3c24)cc1. The largest absolute Gasteiger partial charge is 0.310 e. The molecule has 6 heteroatoms. The molecule has 0 saturated carbocycles. The highest BCUT2D eigenvalue weighted by Gasteiger charge is 2.42. The van der Waals surface area contributed by atoms with Gasteiger partial charge in [0.15, 0.2) is 17.5 Å². The molecule has 2 aliphatic heterocycles. The Balaban J connectivity index is 1.08. The van der Waals surface area contributed by atoms with Crippen LogP contribution in [-0.4, -0.2) is 30.8 Å². The highest BCUT2D eigenvalue weighted by Crippen LogP contribution is 2.46. The van der Waals surface area contributed by atoms with Crippen LogP contribution in [0, 0.1) is 0 Å². The second-order valence-corrected chi connectivity index (χ2v) is 19.9. The fraction of sp³-hybridized carbons (Fsp3) is 0. The normalized spacial score (nSPS) is 12.2. The molecule has 75 heavy (non-hydrogen) atoms. The third-order valence-electron chi connectivity index (χ3n) is 15.7. The molecule has 0 amide bonds. The van der Waals surface area contributed by atoms with Crippen molar-refractivity contribution < 1.29 is 0 Å². The van der Waals surface area contributed by atoms with E-state index in [-0.39, 0.29) is 6.71 Å². The summed E-state index contributed by atoms with van der Waals surface area (Å²) in [5.41, 5.74) is 23.1. The van der Waals surface area contributed by atoms with Crippen LogP contribution >= 0.6 is 0 Å². The van der Waals surface area contributed by atoms with E-state index in [1.807, 2.05) is 36.4 Å². The van der Waals surface area contributed by atoms with Crippen molar-refractivity contribution in [3.8, 4) is 90.0 Å². The summed E-state index contributed by atoms with van der Waals surface area (Å²) in [5.74, 6) is 1.87. The Labute approximate surface area is 433 Å². The van der Waals surface area contributed by atoms with Gasteiger partial charge < -0.3 is 9.13 Å². The van der Waals surface area contributed by atoms with Gasteiger partial charge in [0.25, 0.3) is 6.71 Å². The van der Waals surface area contributed by atoms with Gasteiger partial charge in [-0.3, -0.25) is 0 Å². The van der Waals surface area contributed by atoms with E-state index in [4.69, 9.17) is 15.0 Å². The summed E-state index contributed by atoms with van der Waals surface area (Å²) < 4.78 is 5.13. The summed E-state index contributed by atoms with van der Waals surface area (Å²) >= 11 is 0. The molecule has 2 aliphatic rings. The zero-order valence-electron chi connectivity index (χ0n) is 40.6. The number of aromatic nitrogens is 5. The molecule has 0 atom stereocenters. The monoisotopic (exact) mass is 951 g/mol. The van der Waals surface area contributed by atoms with Crippen LogP contribution in [0.1, 0.15) is 0 Å². The molecular formula is C69H42BN5. The second kappa shape index (κ2) is 16.3. The average Bonchev–Trinajstić information content (AvgIpc) is 4.05. The van der Waals surface area contributed by atoms with E-state index in [1.54, 1.807) is 0 Å². The lowest BCUT2D eigenvalue weighted by Gasteiger charge is -2.34. The van der Waals surface area contributed by atoms with Gasteiger partial charge in [-0.25, -0.2) is 15.0 Å². The first-order valence-corrected chi connectivity index (χ1v) is 25.7. The van der Waals surface area contributed by atoms with Crippen LogP contribution in [0.2, 0.25) is 0 Å². The van der Waals surface area contributed by atoms with Crippen molar-refractivity contribution in [2.75, 3.05) is 0 Å². The maximum absolute atomic E-state index is 5.40. The summed E-state index contributed by atoms with van der Waals surface area (Å²) in [5, 5.41) is 4.92. The van der Waals surface area contributed by atoms with Gasteiger partial charge in [-0.15, -0.1) is 0 Å². The highest BCUT2D eigenvalue weighted by atomic mass is 15.1. The lowest BCUT2D eigenvalue weighted by atomic mass is 9.34. The van der Waals surface area contributed by atoms with Crippen molar-refractivity contribution in [3.05, 3.63) is 255 Å². The van der Waals surface area contributed by atoms with E-state index in [9.17, 15) is 0 Å². The minimum absolute atomic E-state index is 0.0994. The minimum Gasteiger partial charge on any atom is -0.310 e. The minimum atomic E-state index is -0.0994. The number of rotatable bonds is 7. The molecule has 5 heterocycles. The molecule has 0 radical (unpaired) electrons. The first-order valence-electron chi connectivity index (χ1n) is 25.7. The first kappa shape index (κ1) is 41.7. The number of hydrogen-bond acceptors (Lipinski definition) is 3. The van der Waals surface area contributed by atoms with Crippen LogP contribution in [0.3, 0.4) is 0 Å². The van der Waals surface area contributed by atoms with E-state index in [0.717, 1.165) is 39.1 Å². The molecule has 0 aliphatic carbocycles. The van der Waals surface area contributed by atoms with Crippen molar-refractivity contribution in [3.63, 3.8) is 0 Å². The smallest absolute Gasteiger partial charge is 0.252 e. The standard InChI is InChI=1S/C69H42BN5/c1-7-19-43(20-8-1)49-31-37-58-54(39-49)62-52(45-23-11-3-12-24-45)33-35-56-65(62)74(58)60-41-51(69-72-67(47-27-15-5-16-28-47)71-68(73-69)48-29-17-6-18-30-48)42-61-64(60)70(56)57-36-34-53(46-25-13-4-14-26-46)63-55-40-50(44-21-9-2-10-22-44)32-38-59(55)75(61)66(57)63/h1-42H. The zero-order chi connectivity index (χ0) is 49.1. The molecule has 5 nitrogen and oxygen atoms in total. The molecule has 0 bridgehead atoms. The van der Waals surface area contributed by atoms with Gasteiger partial charge in [0.2, 0.25) is 0 Å². The molecule has 0 N–H and O–H groups in total. The van der Waals surface area contributed by atoms with Gasteiger partial charge in [0.1, 0.15) is 0 Å². The van der Waals surface area contributed by atoms with E-state index >= 15 is 0 Å². The molecule has 3 aromatic heterocycles. The molecular weight excluding hydrogens is 910 g/mol. The Morgan fingerprint density at radius 1 is 0.280 bits per heavy atom. The fourth-order valence-corrected chi connectivity index (χ4v) is 12.5. The van der Waals surface area contributed by atoms with Crippen LogP contribution < -0.4 is 16.4 Å². The second-order valence-electron chi connectivity index (χ2n) is 19.9. The van der Waals surface area contributed by atoms with Crippen molar-refractivity contribution in [2.45, 2.75) is 0 Å². The number of fused-ring (bicyclic) bond motifs is 10. The Morgan fingerprint density at radius 2 is 0.627 bits per heavy atom. The van der Waals surface area contributed by atoms with Crippen molar-refractivity contribution in [1.29, 1.82) is 0 Å². The number of benzene rings is 11. The van der Waals surface area contributed by atoms with Crippen LogP contribution in [0.4, 0.5) is 0 Å². The summed E-state index contributed by atoms with van der Waals surface area (Å²) in [6, 6.07) is 92.4. The number of nitrogens with zero attached hydrogens (tertiary/aromatic N) is 5. The molecule has 16 rings (SSSR count). The molecule has 0 fully saturated rings. The molecule has 11 aromatic carbocycles. The van der Waals surface area contributed by atoms with Crippen LogP contribution in [0.15, 0.2) is 255 Å². The van der Waals surface area contributed by atoms with Crippen LogP contribution in [0.5, 0.6) is 0 Å². The molecule has 346 valence electrons. The maximum Gasteiger partial charge on any atom is 0.252 e. The predicted octanol–water partition coefficient (Wildman–Crippen LogP) is 14.9. The highest BCUT2D eigenvalue weighted by molar-refractivity contribution is 7.00. The van der Waals surface area contributed by atoms with E-state index < -0.39 is 0 Å². The van der Waals surface area contributed by atoms with Gasteiger partial charge in [0.05, 0.1) is 11.0 Å². The Kier molecular flexibility index (Phi) is 9.06. The third kappa shape index (κ3) is 6.30. The Bertz CT molecular complexity index is 4320. The molecule has 14 aromatic rings. The number of hydrogen-bond donors (Lipinski definition) is 0. The van der Waals surface area contributed by atoms with Crippen molar-refractivity contribution in [1.82, 2.24) is 24.1 Å². The average molecular weight is 952 g/mol. The molecule has 0 saturated heterocycles. The predicted molar refractivity (Wildman–Crippen MR) is 311 cm³/mol. The summed E-state index contributed by atoms with van der Waals surface area (Å²) in [4.78, 5) is 16.0. The van der Waals surface area contributed by atoms with Gasteiger partial charge in [-0.05, 0) is 97.3 Å². The van der Waals surface area contributed by atoms with Gasteiger partial charge >= 0.3 is 0 Å². The first-order chi connectivity index (χ1) is 37.2. The summed E-state index contributed by atoms with van der Waals surface area (Å²) in [7, 11) is 0. The summed E-state index contributed by atoms with van der Waals surface area (Å²) in [6.07, 6.45) is 0. The Hall–Kier alpha value is -9.91. The third-order valence-corrected chi connectivity index (χ3v) is 15.7. The zero-order valence-corrected chi connectivity index (χ0v) is 40.6. The van der Waals surface area contributed by atoms with E-state index in [0.29, 0.717) is 17.5 Å².